The summed E-state index contributed by atoms with van der Waals surface area (Å²) in [5.41, 5.74) is 1.47. The van der Waals surface area contributed by atoms with Crippen LogP contribution in [0.25, 0.3) is 5.69 Å². The molecule has 3 fully saturated rings. The summed E-state index contributed by atoms with van der Waals surface area (Å²) in [6.45, 7) is 0.756. The van der Waals surface area contributed by atoms with E-state index in [1.807, 2.05) is 29.2 Å². The molecule has 1 amide bonds. The lowest BCUT2D eigenvalue weighted by atomic mass is 9.73. The molecule has 0 N–H and O–H groups in total. The Kier molecular flexibility index (Phi) is 3.50. The molecule has 2 aromatic heterocycles. The number of halogens is 1. The Hall–Kier alpha value is -3.00. The Labute approximate surface area is 171 Å². The zero-order chi connectivity index (χ0) is 19.6. The maximum Gasteiger partial charge on any atom is 0.316 e. The third kappa shape index (κ3) is 2.48. The van der Waals surface area contributed by atoms with E-state index in [4.69, 9.17) is 16.3 Å². The number of carbonyl (C=O) groups is 1. The molecule has 0 bridgehead atoms. The second-order valence-corrected chi connectivity index (χ2v) is 8.35. The number of para-hydroxylation sites is 1. The van der Waals surface area contributed by atoms with Crippen LogP contribution in [0.5, 0.6) is 6.01 Å². The van der Waals surface area contributed by atoms with Crippen molar-refractivity contribution in [1.82, 2.24) is 29.9 Å². The van der Waals surface area contributed by atoms with E-state index in [0.717, 1.165) is 19.4 Å². The van der Waals surface area contributed by atoms with Crippen LogP contribution in [0.4, 0.5) is 0 Å². The predicted molar refractivity (Wildman–Crippen MR) is 103 cm³/mol. The van der Waals surface area contributed by atoms with Gasteiger partial charge in [-0.1, -0.05) is 23.7 Å². The topological polar surface area (TPSA) is 86.0 Å². The van der Waals surface area contributed by atoms with Crippen LogP contribution in [0.2, 0.25) is 5.02 Å². The molecule has 1 aromatic carbocycles. The summed E-state index contributed by atoms with van der Waals surface area (Å²) >= 11 is 5.86. The molecule has 0 radical (unpaired) electrons. The molecule has 1 spiro atoms. The van der Waals surface area contributed by atoms with Crippen LogP contribution in [0.3, 0.4) is 0 Å². The number of benzene rings is 1. The molecule has 9 heteroatoms. The number of hydrogen-bond acceptors (Lipinski definition) is 6. The number of likely N-dealkylation sites (tertiary alicyclic amines) is 1. The zero-order valence-corrected chi connectivity index (χ0v) is 16.1. The Bertz CT molecular complexity index is 1090. The van der Waals surface area contributed by atoms with Gasteiger partial charge in [0.1, 0.15) is 6.10 Å². The number of ether oxygens (including phenoxy) is 1. The Morgan fingerprint density at radius 3 is 2.69 bits per heavy atom. The van der Waals surface area contributed by atoms with Crippen LogP contribution in [0.1, 0.15) is 23.2 Å². The van der Waals surface area contributed by atoms with Gasteiger partial charge in [-0.15, -0.1) is 0 Å². The van der Waals surface area contributed by atoms with Gasteiger partial charge in [0.25, 0.3) is 5.91 Å². The molecule has 3 heterocycles. The maximum absolute atomic E-state index is 13.5. The van der Waals surface area contributed by atoms with Crippen LogP contribution in [-0.4, -0.2) is 54.5 Å². The van der Waals surface area contributed by atoms with Crippen LogP contribution in [0, 0.1) is 11.3 Å². The smallest absolute Gasteiger partial charge is 0.316 e. The molecule has 2 aliphatic carbocycles. The largest absolute Gasteiger partial charge is 0.458 e. The van der Waals surface area contributed by atoms with Crippen LogP contribution in [0.15, 0.2) is 49.1 Å². The lowest BCUT2D eigenvalue weighted by molar-refractivity contribution is -0.0367. The molecule has 2 saturated carbocycles. The Morgan fingerprint density at radius 1 is 1.14 bits per heavy atom. The van der Waals surface area contributed by atoms with Crippen molar-refractivity contribution in [3.8, 4) is 11.7 Å². The van der Waals surface area contributed by atoms with E-state index in [1.165, 1.54) is 17.2 Å². The summed E-state index contributed by atoms with van der Waals surface area (Å²) in [5.74, 6) is 0.539. The first-order chi connectivity index (χ1) is 14.2. The first-order valence-corrected chi connectivity index (χ1v) is 9.94. The SMILES string of the molecule is O=C(c1ccccc1-n1nccn1)N1CC2CC23CC(Oc2ncc(Cl)cn2)C13. The molecule has 29 heavy (non-hydrogen) atoms. The van der Waals surface area contributed by atoms with E-state index in [1.54, 1.807) is 12.4 Å². The molecule has 8 nitrogen and oxygen atoms in total. The highest BCUT2D eigenvalue weighted by Gasteiger charge is 2.76. The number of piperidine rings is 1. The molecule has 146 valence electrons. The number of rotatable bonds is 4. The van der Waals surface area contributed by atoms with E-state index < -0.39 is 0 Å². The third-order valence-corrected chi connectivity index (χ3v) is 6.63. The van der Waals surface area contributed by atoms with Gasteiger partial charge in [0.2, 0.25) is 0 Å². The molecule has 1 saturated heterocycles. The number of aromatic nitrogens is 5. The van der Waals surface area contributed by atoms with Gasteiger partial charge in [0.05, 0.1) is 47.1 Å². The van der Waals surface area contributed by atoms with Gasteiger partial charge < -0.3 is 9.64 Å². The Morgan fingerprint density at radius 2 is 1.90 bits per heavy atom. The van der Waals surface area contributed by atoms with Crippen molar-refractivity contribution in [2.24, 2.45) is 11.3 Å². The normalized spacial score (nSPS) is 29.0. The van der Waals surface area contributed by atoms with Gasteiger partial charge in [0, 0.05) is 12.0 Å². The van der Waals surface area contributed by atoms with E-state index in [0.29, 0.717) is 28.2 Å². The fraction of sp³-hybridized carbons (Fsp3) is 0.350. The number of nitrogens with zero attached hydrogens (tertiary/aromatic N) is 6. The molecular formula is C20H17ClN6O2. The van der Waals surface area contributed by atoms with E-state index >= 15 is 0 Å². The van der Waals surface area contributed by atoms with Crippen LogP contribution >= 0.6 is 11.6 Å². The van der Waals surface area contributed by atoms with Gasteiger partial charge in [-0.25, -0.2) is 9.97 Å². The second-order valence-electron chi connectivity index (χ2n) is 7.92. The van der Waals surface area contributed by atoms with Crippen molar-refractivity contribution in [3.63, 3.8) is 0 Å². The number of hydrogen-bond donors (Lipinski definition) is 0. The summed E-state index contributed by atoms with van der Waals surface area (Å²) < 4.78 is 6.03. The molecule has 6 rings (SSSR count). The standard InChI is InChI=1S/C20H17ClN6O2/c21-13-9-22-19(23-10-13)29-16-8-20-7-12(20)11-26(17(16)20)18(28)14-3-1-2-4-15(14)27-24-5-6-25-27/h1-6,9-10,12,16-17H,7-8,11H2. The number of carbonyl (C=O) groups excluding carboxylic acids is 1. The van der Waals surface area contributed by atoms with Gasteiger partial charge >= 0.3 is 6.01 Å². The fourth-order valence-electron chi connectivity index (χ4n) is 5.07. The van der Waals surface area contributed by atoms with Crippen molar-refractivity contribution in [1.29, 1.82) is 0 Å². The van der Waals surface area contributed by atoms with Crippen LogP contribution in [-0.2, 0) is 0 Å². The zero-order valence-electron chi connectivity index (χ0n) is 15.3. The van der Waals surface area contributed by atoms with Crippen molar-refractivity contribution < 1.29 is 9.53 Å². The van der Waals surface area contributed by atoms with E-state index in [9.17, 15) is 4.79 Å². The minimum atomic E-state index is -0.109. The molecule has 1 aliphatic heterocycles. The predicted octanol–water partition coefficient (Wildman–Crippen LogP) is 2.39. The van der Waals surface area contributed by atoms with Crippen molar-refractivity contribution in [3.05, 3.63) is 59.6 Å². The summed E-state index contributed by atoms with van der Waals surface area (Å²) in [5, 5.41) is 8.84. The Balaban J connectivity index is 1.28. The van der Waals surface area contributed by atoms with E-state index in [-0.39, 0.29) is 23.5 Å². The molecule has 4 atom stereocenters. The molecule has 3 aromatic rings. The molecule has 4 unspecified atom stereocenters. The summed E-state index contributed by atoms with van der Waals surface area (Å²) in [7, 11) is 0. The van der Waals surface area contributed by atoms with Gasteiger partial charge in [-0.3, -0.25) is 4.79 Å². The lowest BCUT2D eigenvalue weighted by Crippen LogP contribution is -2.59. The van der Waals surface area contributed by atoms with Gasteiger partial charge in [0.15, 0.2) is 0 Å². The van der Waals surface area contributed by atoms with E-state index in [2.05, 4.69) is 20.2 Å². The van der Waals surface area contributed by atoms with Crippen molar-refractivity contribution >= 4 is 17.5 Å². The van der Waals surface area contributed by atoms with Gasteiger partial charge in [-0.05, 0) is 30.9 Å². The summed E-state index contributed by atoms with van der Waals surface area (Å²) in [4.78, 5) is 25.2. The highest BCUT2D eigenvalue weighted by atomic mass is 35.5. The molecule has 3 aliphatic rings. The summed E-state index contributed by atoms with van der Waals surface area (Å²) in [6, 6.07) is 7.77. The highest BCUT2D eigenvalue weighted by molar-refractivity contribution is 6.30. The van der Waals surface area contributed by atoms with Crippen molar-refractivity contribution in [2.45, 2.75) is 25.0 Å². The highest BCUT2D eigenvalue weighted by Crippen LogP contribution is 2.71. The van der Waals surface area contributed by atoms with Crippen LogP contribution < -0.4 is 4.74 Å². The average Bonchev–Trinajstić information content (AvgIpc) is 3.10. The minimum Gasteiger partial charge on any atom is -0.458 e. The second kappa shape index (κ2) is 6.00. The lowest BCUT2D eigenvalue weighted by Gasteiger charge is -2.46. The molecular weight excluding hydrogens is 392 g/mol. The monoisotopic (exact) mass is 408 g/mol. The first-order valence-electron chi connectivity index (χ1n) is 9.57. The fourth-order valence-corrected chi connectivity index (χ4v) is 5.17. The summed E-state index contributed by atoms with van der Waals surface area (Å²) in [6.07, 6.45) is 8.22. The maximum atomic E-state index is 13.5. The number of amides is 1. The third-order valence-electron chi connectivity index (χ3n) is 6.44. The van der Waals surface area contributed by atoms with Crippen molar-refractivity contribution in [2.75, 3.05) is 6.54 Å². The quantitative estimate of drug-likeness (QED) is 0.658. The van der Waals surface area contributed by atoms with Gasteiger partial charge in [-0.2, -0.15) is 15.0 Å². The minimum absolute atomic E-state index is 0.0141. The first kappa shape index (κ1) is 16.9. The average molecular weight is 409 g/mol.